The predicted octanol–water partition coefficient (Wildman–Crippen LogP) is 2.14. The number of aromatic amines is 1. The van der Waals surface area contributed by atoms with E-state index in [1.54, 1.807) is 6.07 Å². The molecule has 0 atom stereocenters. The molecule has 0 bridgehead atoms. The van der Waals surface area contributed by atoms with Crippen molar-refractivity contribution in [3.8, 4) is 6.07 Å². The van der Waals surface area contributed by atoms with Crippen molar-refractivity contribution in [2.75, 3.05) is 0 Å². The SMILES string of the molecule is N#CCc1c(Br)[nH]cc(C(F)F)c1=O. The Morgan fingerprint density at radius 3 is 2.79 bits per heavy atom. The van der Waals surface area contributed by atoms with Gasteiger partial charge in [0.1, 0.15) is 0 Å². The third-order valence-corrected chi connectivity index (χ3v) is 2.35. The van der Waals surface area contributed by atoms with Crippen LogP contribution >= 0.6 is 15.9 Å². The molecule has 14 heavy (non-hydrogen) atoms. The van der Waals surface area contributed by atoms with Crippen LogP contribution in [0.25, 0.3) is 0 Å². The fourth-order valence-corrected chi connectivity index (χ4v) is 1.40. The van der Waals surface area contributed by atoms with Crippen LogP contribution in [-0.2, 0) is 6.42 Å². The Morgan fingerprint density at radius 1 is 1.64 bits per heavy atom. The Hall–Kier alpha value is -1.22. The molecular weight excluding hydrogens is 258 g/mol. The van der Waals surface area contributed by atoms with Crippen molar-refractivity contribution in [1.29, 1.82) is 5.26 Å². The lowest BCUT2D eigenvalue weighted by molar-refractivity contribution is 0.149. The molecular formula is C8H5BrF2N2O. The molecule has 0 fully saturated rings. The van der Waals surface area contributed by atoms with Crippen LogP contribution in [0.15, 0.2) is 15.6 Å². The quantitative estimate of drug-likeness (QED) is 0.831. The highest BCUT2D eigenvalue weighted by atomic mass is 79.9. The summed E-state index contributed by atoms with van der Waals surface area (Å²) in [6, 6.07) is 1.74. The van der Waals surface area contributed by atoms with Crippen molar-refractivity contribution in [2.45, 2.75) is 12.8 Å². The largest absolute Gasteiger partial charge is 0.355 e. The minimum absolute atomic E-state index is 0.0327. The summed E-state index contributed by atoms with van der Waals surface area (Å²) in [6.45, 7) is 0. The Labute approximate surface area is 86.5 Å². The molecule has 1 heterocycles. The van der Waals surface area contributed by atoms with Crippen LogP contribution in [0.4, 0.5) is 8.78 Å². The number of hydrogen-bond acceptors (Lipinski definition) is 2. The number of nitrogens with one attached hydrogen (secondary N) is 1. The maximum Gasteiger partial charge on any atom is 0.269 e. The van der Waals surface area contributed by atoms with Crippen molar-refractivity contribution < 1.29 is 8.78 Å². The first-order chi connectivity index (χ1) is 6.57. The lowest BCUT2D eigenvalue weighted by Gasteiger charge is -2.02. The van der Waals surface area contributed by atoms with Crippen LogP contribution < -0.4 is 5.43 Å². The molecule has 0 aliphatic heterocycles. The summed E-state index contributed by atoms with van der Waals surface area (Å²) in [5, 5.41) is 8.39. The molecule has 0 aliphatic rings. The first-order valence-electron chi connectivity index (χ1n) is 3.63. The summed E-state index contributed by atoms with van der Waals surface area (Å²) in [5.74, 6) is 0. The van der Waals surface area contributed by atoms with Crippen molar-refractivity contribution in [2.24, 2.45) is 0 Å². The average Bonchev–Trinajstić information content (AvgIpc) is 2.11. The summed E-state index contributed by atoms with van der Waals surface area (Å²) in [7, 11) is 0. The van der Waals surface area contributed by atoms with E-state index in [4.69, 9.17) is 5.26 Å². The van der Waals surface area contributed by atoms with Crippen LogP contribution in [-0.4, -0.2) is 4.98 Å². The lowest BCUT2D eigenvalue weighted by atomic mass is 10.1. The highest BCUT2D eigenvalue weighted by molar-refractivity contribution is 9.10. The topological polar surface area (TPSA) is 56.6 Å². The highest BCUT2D eigenvalue weighted by Crippen LogP contribution is 2.17. The average molecular weight is 263 g/mol. The van der Waals surface area contributed by atoms with E-state index in [0.717, 1.165) is 6.20 Å². The molecule has 1 N–H and O–H groups in total. The van der Waals surface area contributed by atoms with E-state index in [-0.39, 0.29) is 16.6 Å². The summed E-state index contributed by atoms with van der Waals surface area (Å²) < 4.78 is 24.8. The Kier molecular flexibility index (Phi) is 3.36. The second-order valence-electron chi connectivity index (χ2n) is 2.50. The Morgan fingerprint density at radius 2 is 2.29 bits per heavy atom. The minimum atomic E-state index is -2.83. The van der Waals surface area contributed by atoms with E-state index < -0.39 is 17.4 Å². The molecule has 0 unspecified atom stereocenters. The predicted molar refractivity (Wildman–Crippen MR) is 49.0 cm³/mol. The van der Waals surface area contributed by atoms with Gasteiger partial charge in [0.05, 0.1) is 22.7 Å². The van der Waals surface area contributed by atoms with E-state index in [0.29, 0.717) is 0 Å². The van der Waals surface area contributed by atoms with Crippen LogP contribution in [0.1, 0.15) is 17.6 Å². The number of pyridine rings is 1. The van der Waals surface area contributed by atoms with Crippen LogP contribution in [0.5, 0.6) is 0 Å². The molecule has 0 spiro atoms. The molecule has 74 valence electrons. The van der Waals surface area contributed by atoms with E-state index in [1.165, 1.54) is 0 Å². The number of H-pyrrole nitrogens is 1. The zero-order valence-corrected chi connectivity index (χ0v) is 8.44. The van der Waals surface area contributed by atoms with Gasteiger partial charge in [0.2, 0.25) is 0 Å². The second kappa shape index (κ2) is 4.33. The van der Waals surface area contributed by atoms with E-state index >= 15 is 0 Å². The molecule has 0 aromatic carbocycles. The molecule has 3 nitrogen and oxygen atoms in total. The number of halogens is 3. The number of aromatic nitrogens is 1. The van der Waals surface area contributed by atoms with E-state index in [2.05, 4.69) is 20.9 Å². The number of hydrogen-bond donors (Lipinski definition) is 1. The van der Waals surface area contributed by atoms with Gasteiger partial charge in [0, 0.05) is 11.8 Å². The smallest absolute Gasteiger partial charge is 0.269 e. The number of nitrogens with zero attached hydrogens (tertiary/aromatic N) is 1. The van der Waals surface area contributed by atoms with Crippen molar-refractivity contribution in [3.63, 3.8) is 0 Å². The molecule has 1 rings (SSSR count). The maximum atomic E-state index is 12.3. The van der Waals surface area contributed by atoms with Crippen LogP contribution in [0.2, 0.25) is 0 Å². The van der Waals surface area contributed by atoms with Gasteiger partial charge < -0.3 is 4.98 Å². The first kappa shape index (κ1) is 10.9. The summed E-state index contributed by atoms with van der Waals surface area (Å²) in [5.41, 5.74) is -1.36. The number of rotatable bonds is 2. The summed E-state index contributed by atoms with van der Waals surface area (Å²) in [4.78, 5) is 13.8. The molecule has 1 aromatic rings. The minimum Gasteiger partial charge on any atom is -0.355 e. The molecule has 1 aromatic heterocycles. The van der Waals surface area contributed by atoms with Gasteiger partial charge in [-0.15, -0.1) is 0 Å². The highest BCUT2D eigenvalue weighted by Gasteiger charge is 2.16. The summed E-state index contributed by atoms with van der Waals surface area (Å²) >= 11 is 2.98. The Balaban J connectivity index is 3.36. The Bertz CT molecular complexity index is 436. The standard InChI is InChI=1S/C8H5BrF2N2O/c9-7-4(1-2-12)6(14)5(3-13-7)8(10)11/h3,8H,1H2,(H,13,14). The van der Waals surface area contributed by atoms with E-state index in [1.807, 2.05) is 0 Å². The van der Waals surface area contributed by atoms with Crippen LogP contribution in [0.3, 0.4) is 0 Å². The van der Waals surface area contributed by atoms with Crippen LogP contribution in [0, 0.1) is 11.3 Å². The van der Waals surface area contributed by atoms with Crippen molar-refractivity contribution in [3.05, 3.63) is 32.2 Å². The number of nitriles is 1. The van der Waals surface area contributed by atoms with Crippen molar-refractivity contribution in [1.82, 2.24) is 4.98 Å². The lowest BCUT2D eigenvalue weighted by Crippen LogP contribution is -2.16. The molecule has 0 aliphatic carbocycles. The second-order valence-corrected chi connectivity index (χ2v) is 3.29. The van der Waals surface area contributed by atoms with Gasteiger partial charge in [-0.1, -0.05) is 0 Å². The van der Waals surface area contributed by atoms with Gasteiger partial charge in [-0.3, -0.25) is 4.79 Å². The zero-order chi connectivity index (χ0) is 10.7. The van der Waals surface area contributed by atoms with Gasteiger partial charge in [-0.05, 0) is 15.9 Å². The zero-order valence-electron chi connectivity index (χ0n) is 6.85. The summed E-state index contributed by atoms with van der Waals surface area (Å²) in [6.07, 6.45) is -2.08. The van der Waals surface area contributed by atoms with Gasteiger partial charge in [0.25, 0.3) is 6.43 Å². The fraction of sp³-hybridized carbons (Fsp3) is 0.250. The molecule has 0 amide bonds. The molecule has 6 heteroatoms. The van der Waals surface area contributed by atoms with E-state index in [9.17, 15) is 13.6 Å². The van der Waals surface area contributed by atoms with Crippen molar-refractivity contribution >= 4 is 15.9 Å². The van der Waals surface area contributed by atoms with Gasteiger partial charge in [-0.2, -0.15) is 5.26 Å². The normalized spacial score (nSPS) is 10.2. The fourth-order valence-electron chi connectivity index (χ4n) is 0.967. The number of alkyl halides is 2. The third-order valence-electron chi connectivity index (χ3n) is 1.65. The van der Waals surface area contributed by atoms with Gasteiger partial charge >= 0.3 is 0 Å². The molecule has 0 radical (unpaired) electrons. The van der Waals surface area contributed by atoms with Gasteiger partial charge in [0.15, 0.2) is 5.43 Å². The molecule has 0 saturated carbocycles. The maximum absolute atomic E-state index is 12.3. The first-order valence-corrected chi connectivity index (χ1v) is 4.42. The molecule has 0 saturated heterocycles. The monoisotopic (exact) mass is 262 g/mol. The van der Waals surface area contributed by atoms with Gasteiger partial charge in [-0.25, -0.2) is 8.78 Å². The third kappa shape index (κ3) is 1.99.